The predicted molar refractivity (Wildman–Crippen MR) is 67.9 cm³/mol. The molecule has 0 aliphatic carbocycles. The van der Waals surface area contributed by atoms with Crippen molar-refractivity contribution >= 4 is 0 Å². The molecule has 0 aliphatic rings. The van der Waals surface area contributed by atoms with Gasteiger partial charge in [-0.15, -0.1) is 6.42 Å². The molecule has 0 aliphatic heterocycles. The van der Waals surface area contributed by atoms with Gasteiger partial charge in [0.1, 0.15) is 0 Å². The van der Waals surface area contributed by atoms with Crippen LogP contribution < -0.4 is 5.32 Å². The van der Waals surface area contributed by atoms with Crippen LogP contribution in [0.4, 0.5) is 0 Å². The highest BCUT2D eigenvalue weighted by Gasteiger charge is 2.16. The quantitative estimate of drug-likeness (QED) is 0.676. The van der Waals surface area contributed by atoms with Gasteiger partial charge in [0.2, 0.25) is 0 Å². The molecule has 0 heterocycles. The van der Waals surface area contributed by atoms with Crippen molar-refractivity contribution in [1.82, 2.24) is 10.2 Å². The van der Waals surface area contributed by atoms with E-state index >= 15 is 0 Å². The van der Waals surface area contributed by atoms with E-state index < -0.39 is 0 Å². The Hall–Kier alpha value is -0.520. The van der Waals surface area contributed by atoms with Crippen LogP contribution in [0.5, 0.6) is 0 Å². The van der Waals surface area contributed by atoms with E-state index in [2.05, 4.69) is 50.9 Å². The summed E-state index contributed by atoms with van der Waals surface area (Å²) in [6, 6.07) is 0.547. The van der Waals surface area contributed by atoms with Crippen molar-refractivity contribution in [3.63, 3.8) is 0 Å². The number of likely N-dealkylation sites (N-methyl/N-ethyl adjacent to an activating group) is 1. The molecule has 2 heteroatoms. The Labute approximate surface area is 95.4 Å². The fraction of sp³-hybridized carbons (Fsp3) is 0.846. The molecule has 0 rings (SSSR count). The number of hydrogen-bond acceptors (Lipinski definition) is 2. The van der Waals surface area contributed by atoms with Crippen molar-refractivity contribution in [3.05, 3.63) is 0 Å². The van der Waals surface area contributed by atoms with Gasteiger partial charge in [-0.25, -0.2) is 0 Å². The second-order valence-electron chi connectivity index (χ2n) is 5.19. The van der Waals surface area contributed by atoms with Crippen LogP contribution in [0.1, 0.15) is 40.5 Å². The minimum absolute atomic E-state index is 0.184. The zero-order chi connectivity index (χ0) is 11.9. The molecule has 88 valence electrons. The topological polar surface area (TPSA) is 15.3 Å². The Morgan fingerprint density at radius 2 is 2.00 bits per heavy atom. The summed E-state index contributed by atoms with van der Waals surface area (Å²) in [4.78, 5) is 2.25. The molecule has 0 radical (unpaired) electrons. The van der Waals surface area contributed by atoms with Gasteiger partial charge in [-0.2, -0.15) is 0 Å². The molecule has 0 amide bonds. The highest BCUT2D eigenvalue weighted by atomic mass is 15.1. The average Bonchev–Trinajstić information content (AvgIpc) is 2.11. The van der Waals surface area contributed by atoms with E-state index in [1.54, 1.807) is 0 Å². The third-order valence-corrected chi connectivity index (χ3v) is 2.45. The molecule has 0 spiro atoms. The number of nitrogens with zero attached hydrogens (tertiary/aromatic N) is 1. The summed E-state index contributed by atoms with van der Waals surface area (Å²) in [5, 5.41) is 3.54. The van der Waals surface area contributed by atoms with Gasteiger partial charge in [-0.1, -0.05) is 19.3 Å². The molecule has 2 nitrogen and oxygen atoms in total. The minimum atomic E-state index is 0.184. The number of hydrogen-bond donors (Lipinski definition) is 1. The maximum absolute atomic E-state index is 5.33. The summed E-state index contributed by atoms with van der Waals surface area (Å²) in [5.41, 5.74) is 0.184. The van der Waals surface area contributed by atoms with Crippen LogP contribution in [0.2, 0.25) is 0 Å². The van der Waals surface area contributed by atoms with Crippen LogP contribution in [0, 0.1) is 12.3 Å². The SMILES string of the molecule is C#CCN(C)C(CCC)CNC(C)(C)C. The molecular formula is C13H26N2. The minimum Gasteiger partial charge on any atom is -0.311 e. The van der Waals surface area contributed by atoms with Crippen LogP contribution in [0.25, 0.3) is 0 Å². The third kappa shape index (κ3) is 7.41. The summed E-state index contributed by atoms with van der Waals surface area (Å²) in [6.07, 6.45) is 7.73. The average molecular weight is 210 g/mol. The molecule has 1 N–H and O–H groups in total. The summed E-state index contributed by atoms with van der Waals surface area (Å²) < 4.78 is 0. The normalized spacial score (nSPS) is 13.9. The van der Waals surface area contributed by atoms with Gasteiger partial charge in [0.15, 0.2) is 0 Å². The van der Waals surface area contributed by atoms with E-state index in [1.165, 1.54) is 12.8 Å². The first-order valence-electron chi connectivity index (χ1n) is 5.79. The fourth-order valence-corrected chi connectivity index (χ4v) is 1.51. The molecule has 0 aromatic carbocycles. The van der Waals surface area contributed by atoms with Crippen molar-refractivity contribution in [1.29, 1.82) is 0 Å². The van der Waals surface area contributed by atoms with Crippen molar-refractivity contribution < 1.29 is 0 Å². The Balaban J connectivity index is 4.10. The van der Waals surface area contributed by atoms with Crippen LogP contribution in [-0.4, -0.2) is 36.6 Å². The van der Waals surface area contributed by atoms with Crippen LogP contribution >= 0.6 is 0 Å². The van der Waals surface area contributed by atoms with E-state index in [-0.39, 0.29) is 5.54 Å². The summed E-state index contributed by atoms with van der Waals surface area (Å²) >= 11 is 0. The van der Waals surface area contributed by atoms with Crippen LogP contribution in [0.3, 0.4) is 0 Å². The molecule has 15 heavy (non-hydrogen) atoms. The maximum atomic E-state index is 5.33. The lowest BCUT2D eigenvalue weighted by Crippen LogP contribution is -2.46. The molecule has 0 aromatic heterocycles. The Bertz CT molecular complexity index is 198. The van der Waals surface area contributed by atoms with Gasteiger partial charge < -0.3 is 5.32 Å². The predicted octanol–water partition coefficient (Wildman–Crippen LogP) is 2.11. The summed E-state index contributed by atoms with van der Waals surface area (Å²) in [5.74, 6) is 2.70. The molecule has 0 saturated heterocycles. The Kier molecular flexibility index (Phi) is 6.63. The Morgan fingerprint density at radius 3 is 2.40 bits per heavy atom. The molecular weight excluding hydrogens is 184 g/mol. The van der Waals surface area contributed by atoms with E-state index in [4.69, 9.17) is 6.42 Å². The lowest BCUT2D eigenvalue weighted by Gasteiger charge is -2.30. The smallest absolute Gasteiger partial charge is 0.0599 e. The monoisotopic (exact) mass is 210 g/mol. The Morgan fingerprint density at radius 1 is 1.40 bits per heavy atom. The van der Waals surface area contributed by atoms with Gasteiger partial charge in [-0.05, 0) is 34.2 Å². The maximum Gasteiger partial charge on any atom is 0.0599 e. The number of terminal acetylenes is 1. The van der Waals surface area contributed by atoms with Gasteiger partial charge in [-0.3, -0.25) is 4.90 Å². The zero-order valence-corrected chi connectivity index (χ0v) is 10.9. The highest BCUT2D eigenvalue weighted by molar-refractivity contribution is 4.90. The van der Waals surface area contributed by atoms with Crippen molar-refractivity contribution in [2.75, 3.05) is 20.1 Å². The van der Waals surface area contributed by atoms with Crippen LogP contribution in [-0.2, 0) is 0 Å². The zero-order valence-electron chi connectivity index (χ0n) is 10.9. The molecule has 0 aromatic rings. The van der Waals surface area contributed by atoms with Crippen molar-refractivity contribution in [2.24, 2.45) is 0 Å². The van der Waals surface area contributed by atoms with Gasteiger partial charge in [0.05, 0.1) is 6.54 Å². The molecule has 1 atom stereocenters. The standard InChI is InChI=1S/C13H26N2/c1-7-9-12(15(6)10-8-2)11-14-13(3,4)5/h2,12,14H,7,9-11H2,1,3-6H3. The first kappa shape index (κ1) is 14.5. The summed E-state index contributed by atoms with van der Waals surface area (Å²) in [7, 11) is 2.10. The lowest BCUT2D eigenvalue weighted by molar-refractivity contribution is 0.231. The van der Waals surface area contributed by atoms with Gasteiger partial charge in [0.25, 0.3) is 0 Å². The summed E-state index contributed by atoms with van der Waals surface area (Å²) in [6.45, 7) is 10.5. The van der Waals surface area contributed by atoms with E-state index in [0.717, 1.165) is 13.1 Å². The second kappa shape index (κ2) is 6.87. The van der Waals surface area contributed by atoms with Crippen LogP contribution in [0.15, 0.2) is 0 Å². The molecule has 0 bridgehead atoms. The van der Waals surface area contributed by atoms with Gasteiger partial charge >= 0.3 is 0 Å². The first-order valence-corrected chi connectivity index (χ1v) is 5.79. The van der Waals surface area contributed by atoms with Gasteiger partial charge in [0, 0.05) is 18.1 Å². The van der Waals surface area contributed by atoms with E-state index in [0.29, 0.717) is 6.04 Å². The van der Waals surface area contributed by atoms with Crippen molar-refractivity contribution in [2.45, 2.75) is 52.1 Å². The largest absolute Gasteiger partial charge is 0.311 e. The fourth-order valence-electron chi connectivity index (χ4n) is 1.51. The van der Waals surface area contributed by atoms with Crippen molar-refractivity contribution in [3.8, 4) is 12.3 Å². The third-order valence-electron chi connectivity index (χ3n) is 2.45. The van der Waals surface area contributed by atoms with E-state index in [1.807, 2.05) is 0 Å². The number of nitrogens with one attached hydrogen (secondary N) is 1. The number of rotatable bonds is 6. The molecule has 1 unspecified atom stereocenters. The van der Waals surface area contributed by atoms with E-state index in [9.17, 15) is 0 Å². The molecule has 0 saturated carbocycles. The molecule has 0 fully saturated rings. The second-order valence-corrected chi connectivity index (χ2v) is 5.19. The highest BCUT2D eigenvalue weighted by Crippen LogP contribution is 2.06. The first-order chi connectivity index (χ1) is 6.90. The lowest BCUT2D eigenvalue weighted by atomic mass is 10.1.